The van der Waals surface area contributed by atoms with Crippen LogP contribution >= 0.6 is 47.0 Å². The zero-order valence-corrected chi connectivity index (χ0v) is 9.55. The lowest BCUT2D eigenvalue weighted by Gasteiger charge is -2.53. The van der Waals surface area contributed by atoms with Gasteiger partial charge in [-0.05, 0) is 19.8 Å². The van der Waals surface area contributed by atoms with Crippen molar-refractivity contribution in [2.75, 3.05) is 0 Å². The summed E-state index contributed by atoms with van der Waals surface area (Å²) >= 11 is 8.88. The van der Waals surface area contributed by atoms with Gasteiger partial charge in [-0.1, -0.05) is 0 Å². The Morgan fingerprint density at radius 3 is 2.18 bits per heavy atom. The van der Waals surface area contributed by atoms with Crippen molar-refractivity contribution >= 4 is 47.0 Å². The zero-order valence-electron chi connectivity index (χ0n) is 6.28. The van der Waals surface area contributed by atoms with Crippen molar-refractivity contribution < 1.29 is 0 Å². The van der Waals surface area contributed by atoms with Crippen LogP contribution in [0.25, 0.3) is 0 Å². The molecule has 0 aromatic rings. The van der Waals surface area contributed by atoms with Gasteiger partial charge in [0.2, 0.25) is 0 Å². The average molecular weight is 222 g/mol. The molecule has 0 aromatic heterocycles. The number of rotatable bonds is 0. The Morgan fingerprint density at radius 2 is 1.73 bits per heavy atom. The largest absolute Gasteiger partial charge is 0.133 e. The highest BCUT2D eigenvalue weighted by Gasteiger charge is 2.50. The molecule has 4 heteroatoms. The van der Waals surface area contributed by atoms with Crippen molar-refractivity contribution in [2.45, 2.75) is 37.6 Å². The van der Waals surface area contributed by atoms with Crippen LogP contribution in [0.1, 0.15) is 19.8 Å². The fourth-order valence-corrected chi connectivity index (χ4v) is 12.4. The van der Waals surface area contributed by atoms with Crippen LogP contribution < -0.4 is 0 Å². The highest BCUT2D eigenvalue weighted by Crippen LogP contribution is 2.68. The predicted octanol–water partition coefficient (Wildman–Crippen LogP) is 3.43. The van der Waals surface area contributed by atoms with E-state index in [1.807, 2.05) is 0 Å². The number of hydrogen-bond acceptors (Lipinski definition) is 4. The molecule has 0 nitrogen and oxygen atoms in total. The Bertz CT molecular complexity index is 156. The van der Waals surface area contributed by atoms with Gasteiger partial charge in [0.05, 0.1) is 17.8 Å². The standard InChI is InChI=1S/C7H10S4/c1-7-3-6-8-4(10-7)2-5(9-6)11-7/h4-6H,2-3H2,1H3. The summed E-state index contributed by atoms with van der Waals surface area (Å²) < 4.78 is 3.40. The van der Waals surface area contributed by atoms with Gasteiger partial charge in [-0.2, -0.15) is 0 Å². The fourth-order valence-electron chi connectivity index (χ4n) is 1.87. The lowest BCUT2D eigenvalue weighted by atomic mass is 10.3. The summed E-state index contributed by atoms with van der Waals surface area (Å²) in [4.78, 5) is 0. The third-order valence-electron chi connectivity index (χ3n) is 2.29. The van der Waals surface area contributed by atoms with Crippen LogP contribution in [0.5, 0.6) is 0 Å². The Hall–Kier alpha value is 1.40. The first-order chi connectivity index (χ1) is 5.23. The molecule has 4 heterocycles. The number of thioether (sulfide) groups is 4. The fraction of sp³-hybridized carbons (Fsp3) is 1.00. The Morgan fingerprint density at radius 1 is 1.09 bits per heavy atom. The molecule has 0 spiro atoms. The molecule has 0 aromatic carbocycles. The maximum atomic E-state index is 2.44. The molecule has 4 rings (SSSR count). The minimum atomic E-state index is 0.592. The second kappa shape index (κ2) is 2.46. The summed E-state index contributed by atoms with van der Waals surface area (Å²) in [5, 5.41) is 0. The summed E-state index contributed by atoms with van der Waals surface area (Å²) in [6, 6.07) is 0. The van der Waals surface area contributed by atoms with Crippen LogP contribution in [0.15, 0.2) is 0 Å². The molecule has 4 aliphatic heterocycles. The lowest BCUT2D eigenvalue weighted by molar-refractivity contribution is 0.770. The van der Waals surface area contributed by atoms with Gasteiger partial charge in [-0.25, -0.2) is 0 Å². The van der Waals surface area contributed by atoms with Crippen molar-refractivity contribution in [3.8, 4) is 0 Å². The summed E-state index contributed by atoms with van der Waals surface area (Å²) in [6.07, 6.45) is 2.86. The van der Waals surface area contributed by atoms with E-state index in [1.54, 1.807) is 0 Å². The SMILES string of the molecule is CC12CC3SC(CC(S3)S1)S2. The van der Waals surface area contributed by atoms with Gasteiger partial charge < -0.3 is 0 Å². The number of hydrogen-bond donors (Lipinski definition) is 0. The van der Waals surface area contributed by atoms with E-state index in [1.165, 1.54) is 12.8 Å². The molecule has 2 unspecified atom stereocenters. The molecule has 11 heavy (non-hydrogen) atoms. The molecular formula is C7H10S4. The molecule has 4 saturated heterocycles. The summed E-state index contributed by atoms with van der Waals surface area (Å²) in [6.45, 7) is 2.44. The molecule has 62 valence electrons. The topological polar surface area (TPSA) is 0 Å². The van der Waals surface area contributed by atoms with Crippen molar-refractivity contribution in [2.24, 2.45) is 0 Å². The van der Waals surface area contributed by atoms with Crippen molar-refractivity contribution in [3.05, 3.63) is 0 Å². The maximum absolute atomic E-state index is 2.44. The Kier molecular flexibility index (Phi) is 1.74. The van der Waals surface area contributed by atoms with Gasteiger partial charge in [0, 0.05) is 0 Å². The van der Waals surface area contributed by atoms with Gasteiger partial charge in [-0.15, -0.1) is 47.0 Å². The second-order valence-corrected chi connectivity index (χ2v) is 10.8. The lowest BCUT2D eigenvalue weighted by Crippen LogP contribution is -2.41. The van der Waals surface area contributed by atoms with E-state index in [2.05, 4.69) is 54.0 Å². The van der Waals surface area contributed by atoms with Crippen molar-refractivity contribution in [1.29, 1.82) is 0 Å². The van der Waals surface area contributed by atoms with Crippen LogP contribution in [0.2, 0.25) is 0 Å². The molecule has 0 radical (unpaired) electrons. The highest BCUT2D eigenvalue weighted by molar-refractivity contribution is 8.36. The minimum Gasteiger partial charge on any atom is -0.133 e. The molecule has 0 saturated carbocycles. The summed E-state index contributed by atoms with van der Waals surface area (Å²) in [7, 11) is 0. The first-order valence-corrected chi connectivity index (χ1v) is 7.55. The first-order valence-electron chi connectivity index (χ1n) is 3.90. The molecule has 2 atom stereocenters. The van der Waals surface area contributed by atoms with Crippen LogP contribution in [0.4, 0.5) is 0 Å². The monoisotopic (exact) mass is 222 g/mol. The molecule has 4 bridgehead atoms. The summed E-state index contributed by atoms with van der Waals surface area (Å²) in [5.41, 5.74) is 0. The Labute approximate surface area is 84.4 Å². The van der Waals surface area contributed by atoms with Crippen molar-refractivity contribution in [3.63, 3.8) is 0 Å². The Balaban J connectivity index is 1.94. The van der Waals surface area contributed by atoms with Gasteiger partial charge >= 0.3 is 0 Å². The van der Waals surface area contributed by atoms with Gasteiger partial charge in [0.25, 0.3) is 0 Å². The molecule has 0 N–H and O–H groups in total. The third-order valence-corrected chi connectivity index (χ3v) is 8.95. The van der Waals surface area contributed by atoms with Crippen LogP contribution in [-0.4, -0.2) is 17.8 Å². The van der Waals surface area contributed by atoms with E-state index in [4.69, 9.17) is 0 Å². The average Bonchev–Trinajstić information content (AvgIpc) is 1.79. The van der Waals surface area contributed by atoms with Gasteiger partial charge in [0.15, 0.2) is 0 Å². The minimum absolute atomic E-state index is 0.592. The molecule has 4 aliphatic rings. The predicted molar refractivity (Wildman–Crippen MR) is 59.4 cm³/mol. The van der Waals surface area contributed by atoms with E-state index in [9.17, 15) is 0 Å². The van der Waals surface area contributed by atoms with E-state index in [0.29, 0.717) is 4.08 Å². The van der Waals surface area contributed by atoms with Gasteiger partial charge in [0.1, 0.15) is 0 Å². The van der Waals surface area contributed by atoms with Crippen LogP contribution in [0, 0.1) is 0 Å². The molecule has 0 amide bonds. The van der Waals surface area contributed by atoms with Crippen LogP contribution in [-0.2, 0) is 0 Å². The smallest absolute Gasteiger partial charge is 0.0623 e. The van der Waals surface area contributed by atoms with E-state index in [0.717, 1.165) is 13.7 Å². The second-order valence-electron chi connectivity index (χ2n) is 3.37. The summed E-state index contributed by atoms with van der Waals surface area (Å²) in [5.74, 6) is 0. The zero-order chi connectivity index (χ0) is 7.47. The van der Waals surface area contributed by atoms with Crippen LogP contribution in [0.3, 0.4) is 0 Å². The molecular weight excluding hydrogens is 212 g/mol. The molecule has 0 aliphatic carbocycles. The normalized spacial score (nSPS) is 60.3. The van der Waals surface area contributed by atoms with E-state index in [-0.39, 0.29) is 0 Å². The van der Waals surface area contributed by atoms with E-state index < -0.39 is 0 Å². The third kappa shape index (κ3) is 1.25. The van der Waals surface area contributed by atoms with E-state index >= 15 is 0 Å². The van der Waals surface area contributed by atoms with Gasteiger partial charge in [-0.3, -0.25) is 0 Å². The highest BCUT2D eigenvalue weighted by atomic mass is 32.3. The molecule has 4 fully saturated rings. The maximum Gasteiger partial charge on any atom is 0.0623 e. The quantitative estimate of drug-likeness (QED) is 0.615. The van der Waals surface area contributed by atoms with Crippen molar-refractivity contribution in [1.82, 2.24) is 0 Å². The first kappa shape index (κ1) is 7.77.